The second-order valence-electron chi connectivity index (χ2n) is 5.44. The largest absolute Gasteiger partial charge is 0.467 e. The van der Waals surface area contributed by atoms with Crippen LogP contribution in [0.4, 0.5) is 13.2 Å². The topological polar surface area (TPSA) is 90.7 Å². The molecule has 0 aromatic carbocycles. The van der Waals surface area contributed by atoms with Gasteiger partial charge in [0.2, 0.25) is 0 Å². The number of imidazole rings is 1. The monoisotopic (exact) mass is 458 g/mol. The number of aliphatic imine (C=N–C) groups is 1. The zero-order valence-corrected chi connectivity index (χ0v) is 17.8. The number of aromatic nitrogens is 4. The van der Waals surface area contributed by atoms with Crippen molar-refractivity contribution in [2.45, 2.75) is 18.0 Å². The van der Waals surface area contributed by atoms with E-state index in [1.54, 1.807) is 25.3 Å². The second kappa shape index (κ2) is 9.92. The molecule has 0 aliphatic carbocycles. The van der Waals surface area contributed by atoms with E-state index in [0.717, 1.165) is 0 Å². The summed E-state index contributed by atoms with van der Waals surface area (Å²) < 4.78 is 48.0. The Bertz CT molecular complexity index is 1070. The number of pyridine rings is 1. The summed E-state index contributed by atoms with van der Waals surface area (Å²) in [7, 11) is 2.86. The highest BCUT2D eigenvalue weighted by molar-refractivity contribution is 8.03. The molecule has 2 N–H and O–H groups in total. The number of allylic oxidation sites excluding steroid dienone is 1. The molecule has 0 saturated heterocycles. The van der Waals surface area contributed by atoms with Gasteiger partial charge < -0.3 is 10.5 Å². The van der Waals surface area contributed by atoms with Crippen molar-refractivity contribution < 1.29 is 17.9 Å². The van der Waals surface area contributed by atoms with E-state index in [2.05, 4.69) is 32.4 Å². The first-order valence-electron chi connectivity index (χ1n) is 8.29. The lowest BCUT2D eigenvalue weighted by molar-refractivity contribution is -0.0831. The molecule has 0 aliphatic rings. The van der Waals surface area contributed by atoms with Gasteiger partial charge in [0, 0.05) is 23.5 Å². The summed E-state index contributed by atoms with van der Waals surface area (Å²) in [6, 6.07) is 3.26. The SMILES string of the molecule is C=N/C(=C(\Sc1cnc(OC)nc1)C(F)(F)F)c1c(C)nc2c(Cl)cccn12.CN. The van der Waals surface area contributed by atoms with Gasteiger partial charge in [-0.2, -0.15) is 13.2 Å². The standard InChI is InChI=1S/C17H13ClF3N5OS.CH5N/c1-9-13(26-6-4-5-11(18)15(26)25-9)12(22-2)14(17(19,20)21)28-10-7-23-16(27-3)24-8-10;1-2/h4-8H,2H2,1,3H3;2H2,1H3/b14-12-;. The van der Waals surface area contributed by atoms with Crippen LogP contribution in [0.5, 0.6) is 6.01 Å². The Labute approximate surface area is 179 Å². The van der Waals surface area contributed by atoms with E-state index < -0.39 is 11.1 Å². The summed E-state index contributed by atoms with van der Waals surface area (Å²) in [4.78, 5) is 14.8. The number of rotatable bonds is 5. The van der Waals surface area contributed by atoms with Gasteiger partial charge in [0.1, 0.15) is 10.6 Å². The Hall–Kier alpha value is -2.63. The highest BCUT2D eigenvalue weighted by Crippen LogP contribution is 2.44. The van der Waals surface area contributed by atoms with Crippen LogP contribution in [0, 0.1) is 6.92 Å². The number of nitrogens with zero attached hydrogens (tertiary/aromatic N) is 5. The van der Waals surface area contributed by atoms with E-state index >= 15 is 0 Å². The molecular formula is C18H18ClF3N6OS. The fraction of sp³-hybridized carbons (Fsp3) is 0.222. The molecule has 160 valence electrons. The van der Waals surface area contributed by atoms with Crippen LogP contribution in [0.2, 0.25) is 5.02 Å². The van der Waals surface area contributed by atoms with E-state index in [1.165, 1.54) is 31.0 Å². The summed E-state index contributed by atoms with van der Waals surface area (Å²) in [5.41, 5.74) is 4.96. The molecule has 0 aliphatic heterocycles. The number of nitrogens with two attached hydrogens (primary N) is 1. The number of thioether (sulfide) groups is 1. The molecule has 0 saturated carbocycles. The zero-order valence-electron chi connectivity index (χ0n) is 16.2. The summed E-state index contributed by atoms with van der Waals surface area (Å²) >= 11 is 6.55. The molecule has 30 heavy (non-hydrogen) atoms. The Balaban J connectivity index is 0.00000155. The first-order chi connectivity index (χ1) is 14.3. The zero-order chi connectivity index (χ0) is 22.5. The van der Waals surface area contributed by atoms with Gasteiger partial charge in [0.05, 0.1) is 23.5 Å². The predicted octanol–water partition coefficient (Wildman–Crippen LogP) is 4.39. The minimum absolute atomic E-state index is 0.0521. The van der Waals surface area contributed by atoms with Crippen LogP contribution in [-0.4, -0.2) is 46.4 Å². The van der Waals surface area contributed by atoms with Gasteiger partial charge in [-0.05, 0) is 32.8 Å². The van der Waals surface area contributed by atoms with Crippen LogP contribution in [0.15, 0.2) is 45.5 Å². The van der Waals surface area contributed by atoms with Gasteiger partial charge in [-0.1, -0.05) is 23.4 Å². The maximum atomic E-state index is 13.9. The third-order valence-corrected chi connectivity index (χ3v) is 5.01. The predicted molar refractivity (Wildman–Crippen MR) is 112 cm³/mol. The number of hydrogen-bond acceptors (Lipinski definition) is 7. The number of halogens is 4. The summed E-state index contributed by atoms with van der Waals surface area (Å²) in [5.74, 6) is 0. The van der Waals surface area contributed by atoms with Crippen LogP contribution in [0.25, 0.3) is 11.3 Å². The van der Waals surface area contributed by atoms with Crippen molar-refractivity contribution in [3.63, 3.8) is 0 Å². The summed E-state index contributed by atoms with van der Waals surface area (Å²) in [6.07, 6.45) is -0.657. The Morgan fingerprint density at radius 2 is 1.93 bits per heavy atom. The van der Waals surface area contributed by atoms with Crippen molar-refractivity contribution >= 4 is 41.4 Å². The number of methoxy groups -OCH3 is 1. The fourth-order valence-electron chi connectivity index (χ4n) is 2.51. The van der Waals surface area contributed by atoms with Crippen LogP contribution in [0.3, 0.4) is 0 Å². The molecule has 3 aromatic heterocycles. The van der Waals surface area contributed by atoms with E-state index in [4.69, 9.17) is 16.3 Å². The molecule has 0 spiro atoms. The molecule has 0 atom stereocenters. The van der Waals surface area contributed by atoms with E-state index in [0.29, 0.717) is 28.1 Å². The molecule has 0 amide bonds. The molecule has 3 heterocycles. The lowest BCUT2D eigenvalue weighted by Gasteiger charge is -2.15. The number of ether oxygens (including phenoxy) is 1. The highest BCUT2D eigenvalue weighted by Gasteiger charge is 2.39. The van der Waals surface area contributed by atoms with Crippen LogP contribution in [-0.2, 0) is 0 Å². The number of fused-ring (bicyclic) bond motifs is 1. The van der Waals surface area contributed by atoms with Crippen molar-refractivity contribution in [1.29, 1.82) is 0 Å². The Kier molecular flexibility index (Phi) is 7.82. The molecular weight excluding hydrogens is 441 g/mol. The van der Waals surface area contributed by atoms with E-state index in [1.807, 2.05) is 0 Å². The van der Waals surface area contributed by atoms with E-state index in [-0.39, 0.29) is 22.3 Å². The molecule has 0 bridgehead atoms. The fourth-order valence-corrected chi connectivity index (χ4v) is 3.53. The average Bonchev–Trinajstić information content (AvgIpc) is 3.07. The van der Waals surface area contributed by atoms with Gasteiger partial charge >= 0.3 is 12.2 Å². The molecule has 0 unspecified atom stereocenters. The van der Waals surface area contributed by atoms with Crippen molar-refractivity contribution in [2.24, 2.45) is 10.7 Å². The molecule has 0 fully saturated rings. The number of alkyl halides is 3. The van der Waals surface area contributed by atoms with Crippen molar-refractivity contribution in [2.75, 3.05) is 14.2 Å². The van der Waals surface area contributed by atoms with Gasteiger partial charge in [0.15, 0.2) is 5.65 Å². The normalized spacial score (nSPS) is 12.1. The van der Waals surface area contributed by atoms with Crippen molar-refractivity contribution in [3.05, 3.63) is 52.0 Å². The quantitative estimate of drug-likeness (QED) is 0.450. The smallest absolute Gasteiger partial charge is 0.424 e. The molecule has 0 radical (unpaired) electrons. The third kappa shape index (κ3) is 4.91. The number of aryl methyl sites for hydroxylation is 1. The second-order valence-corrected chi connectivity index (χ2v) is 6.93. The minimum atomic E-state index is -4.70. The van der Waals surface area contributed by atoms with Gasteiger partial charge in [-0.25, -0.2) is 15.0 Å². The maximum Gasteiger partial charge on any atom is 0.424 e. The summed E-state index contributed by atoms with van der Waals surface area (Å²) in [5, 5.41) is 0.310. The van der Waals surface area contributed by atoms with Crippen LogP contribution >= 0.6 is 23.4 Å². The van der Waals surface area contributed by atoms with Gasteiger partial charge in [-0.3, -0.25) is 9.39 Å². The van der Waals surface area contributed by atoms with Crippen LogP contribution < -0.4 is 10.5 Å². The van der Waals surface area contributed by atoms with Gasteiger partial charge in [-0.15, -0.1) is 0 Å². The number of hydrogen-bond donors (Lipinski definition) is 1. The highest BCUT2D eigenvalue weighted by atomic mass is 35.5. The lowest BCUT2D eigenvalue weighted by Crippen LogP contribution is -2.12. The first kappa shape index (κ1) is 23.6. The molecule has 3 rings (SSSR count). The van der Waals surface area contributed by atoms with Gasteiger partial charge in [0.25, 0.3) is 0 Å². The van der Waals surface area contributed by atoms with E-state index in [9.17, 15) is 13.2 Å². The third-order valence-electron chi connectivity index (χ3n) is 3.64. The molecule has 7 nitrogen and oxygen atoms in total. The molecule has 3 aromatic rings. The first-order valence-corrected chi connectivity index (χ1v) is 9.49. The lowest BCUT2D eigenvalue weighted by atomic mass is 10.2. The Morgan fingerprint density at radius 1 is 1.30 bits per heavy atom. The van der Waals surface area contributed by atoms with Crippen molar-refractivity contribution in [1.82, 2.24) is 19.4 Å². The molecule has 12 heteroatoms. The summed E-state index contributed by atoms with van der Waals surface area (Å²) in [6.45, 7) is 4.93. The Morgan fingerprint density at radius 3 is 2.47 bits per heavy atom. The maximum absolute atomic E-state index is 13.9. The van der Waals surface area contributed by atoms with Crippen molar-refractivity contribution in [3.8, 4) is 6.01 Å². The minimum Gasteiger partial charge on any atom is -0.467 e. The van der Waals surface area contributed by atoms with Crippen LogP contribution in [0.1, 0.15) is 11.4 Å². The average molecular weight is 459 g/mol.